The van der Waals surface area contributed by atoms with Gasteiger partial charge in [-0.05, 0) is 54.6 Å². The Labute approximate surface area is 150 Å². The van der Waals surface area contributed by atoms with E-state index in [0.717, 1.165) is 22.9 Å². The molecule has 0 radical (unpaired) electrons. The average Bonchev–Trinajstić information content (AvgIpc) is 2.89. The van der Waals surface area contributed by atoms with Crippen molar-refractivity contribution in [3.05, 3.63) is 64.6 Å². The van der Waals surface area contributed by atoms with E-state index in [1.54, 1.807) is 30.3 Å². The summed E-state index contributed by atoms with van der Waals surface area (Å²) in [7, 11) is 0. The number of rotatable bonds is 4. The van der Waals surface area contributed by atoms with E-state index < -0.39 is 0 Å². The van der Waals surface area contributed by atoms with Crippen molar-refractivity contribution in [2.45, 2.75) is 6.92 Å². The summed E-state index contributed by atoms with van der Waals surface area (Å²) in [6.45, 7) is 2.16. The molecule has 0 atom stereocenters. The number of carbonyl (C=O) groups is 2. The van der Waals surface area contributed by atoms with E-state index in [9.17, 15) is 9.59 Å². The molecule has 0 spiro atoms. The predicted octanol–water partition coefficient (Wildman–Crippen LogP) is 4.25. The van der Waals surface area contributed by atoms with Crippen molar-refractivity contribution in [1.82, 2.24) is 0 Å². The van der Waals surface area contributed by atoms with Crippen LogP contribution in [0.3, 0.4) is 0 Å². The van der Waals surface area contributed by atoms with Crippen LogP contribution in [0.2, 0.25) is 0 Å². The van der Waals surface area contributed by atoms with Gasteiger partial charge in [0.2, 0.25) is 0 Å². The van der Waals surface area contributed by atoms with E-state index in [0.29, 0.717) is 16.3 Å². The summed E-state index contributed by atoms with van der Waals surface area (Å²) >= 11 is 0.935. The standard InChI is InChI=1S/C20H15NO3S/c1-3-12-24-17-10-6-15(7-11-17)13-18-19(22)21(20(23)25-18)16-8-4-14(2)5-9-16/h1,4-11,13H,12H2,2H3. The zero-order chi connectivity index (χ0) is 17.8. The number of ether oxygens (including phenoxy) is 1. The van der Waals surface area contributed by atoms with Gasteiger partial charge in [-0.25, -0.2) is 4.90 Å². The lowest BCUT2D eigenvalue weighted by Gasteiger charge is -2.12. The number of anilines is 1. The third-order valence-electron chi connectivity index (χ3n) is 3.59. The first-order valence-corrected chi connectivity index (χ1v) is 8.41. The van der Waals surface area contributed by atoms with Crippen molar-refractivity contribution in [2.75, 3.05) is 11.5 Å². The van der Waals surface area contributed by atoms with Gasteiger partial charge >= 0.3 is 0 Å². The Balaban J connectivity index is 1.80. The minimum atomic E-state index is -0.313. The first kappa shape index (κ1) is 16.9. The molecule has 1 saturated heterocycles. The maximum atomic E-state index is 12.6. The molecule has 0 unspecified atom stereocenters. The molecule has 1 aliphatic heterocycles. The highest BCUT2D eigenvalue weighted by molar-refractivity contribution is 8.19. The summed E-state index contributed by atoms with van der Waals surface area (Å²) in [5.41, 5.74) is 2.45. The number of amides is 2. The third-order valence-corrected chi connectivity index (χ3v) is 4.46. The van der Waals surface area contributed by atoms with E-state index in [1.807, 2.05) is 31.2 Å². The lowest BCUT2D eigenvalue weighted by Crippen LogP contribution is -2.27. The number of thioether (sulfide) groups is 1. The van der Waals surface area contributed by atoms with E-state index in [1.165, 1.54) is 4.90 Å². The van der Waals surface area contributed by atoms with Crippen LogP contribution in [-0.2, 0) is 4.79 Å². The number of nitrogens with zero attached hydrogens (tertiary/aromatic N) is 1. The number of terminal acetylenes is 1. The fraction of sp³-hybridized carbons (Fsp3) is 0.100. The van der Waals surface area contributed by atoms with Crippen molar-refractivity contribution in [1.29, 1.82) is 0 Å². The number of hydrogen-bond acceptors (Lipinski definition) is 4. The van der Waals surface area contributed by atoms with Gasteiger partial charge in [0.15, 0.2) is 0 Å². The number of carbonyl (C=O) groups excluding carboxylic acids is 2. The normalized spacial score (nSPS) is 15.5. The molecular formula is C20H15NO3S. The first-order chi connectivity index (χ1) is 12.1. The Morgan fingerprint density at radius 2 is 1.80 bits per heavy atom. The molecule has 124 valence electrons. The molecule has 2 aromatic carbocycles. The molecule has 0 N–H and O–H groups in total. The highest BCUT2D eigenvalue weighted by atomic mass is 32.2. The van der Waals surface area contributed by atoms with Gasteiger partial charge in [0, 0.05) is 0 Å². The van der Waals surface area contributed by atoms with Crippen LogP contribution in [0.25, 0.3) is 6.08 Å². The lowest BCUT2D eigenvalue weighted by atomic mass is 10.2. The van der Waals surface area contributed by atoms with E-state index in [4.69, 9.17) is 11.2 Å². The van der Waals surface area contributed by atoms with Crippen molar-refractivity contribution in [2.24, 2.45) is 0 Å². The molecule has 3 rings (SSSR count). The van der Waals surface area contributed by atoms with Gasteiger partial charge in [-0.1, -0.05) is 35.7 Å². The first-order valence-electron chi connectivity index (χ1n) is 7.59. The van der Waals surface area contributed by atoms with Crippen LogP contribution in [0.5, 0.6) is 5.75 Å². The maximum absolute atomic E-state index is 12.6. The molecule has 2 aromatic rings. The number of aryl methyl sites for hydroxylation is 1. The minimum absolute atomic E-state index is 0.203. The van der Waals surface area contributed by atoms with Gasteiger partial charge < -0.3 is 4.74 Å². The quantitative estimate of drug-likeness (QED) is 0.612. The van der Waals surface area contributed by atoms with Gasteiger partial charge in [-0.3, -0.25) is 9.59 Å². The number of hydrogen-bond donors (Lipinski definition) is 0. The van der Waals surface area contributed by atoms with Gasteiger partial charge in [0.1, 0.15) is 12.4 Å². The van der Waals surface area contributed by atoms with Crippen LogP contribution in [-0.4, -0.2) is 17.8 Å². The van der Waals surface area contributed by atoms with E-state index >= 15 is 0 Å². The molecular weight excluding hydrogens is 334 g/mol. The maximum Gasteiger partial charge on any atom is 0.298 e. The topological polar surface area (TPSA) is 46.6 Å². The molecule has 1 aliphatic rings. The summed E-state index contributed by atoms with van der Waals surface area (Å²) in [6, 6.07) is 14.4. The van der Waals surface area contributed by atoms with Gasteiger partial charge in [-0.15, -0.1) is 6.42 Å². The van der Waals surface area contributed by atoms with Crippen molar-refractivity contribution >= 4 is 34.7 Å². The summed E-state index contributed by atoms with van der Waals surface area (Å²) in [4.78, 5) is 26.4. The van der Waals surface area contributed by atoms with Gasteiger partial charge in [-0.2, -0.15) is 0 Å². The molecule has 0 aromatic heterocycles. The zero-order valence-electron chi connectivity index (χ0n) is 13.6. The zero-order valence-corrected chi connectivity index (χ0v) is 14.4. The SMILES string of the molecule is C#CCOc1ccc(C=C2SC(=O)N(c3ccc(C)cc3)C2=O)cc1. The van der Waals surface area contributed by atoms with Crippen LogP contribution in [0.1, 0.15) is 11.1 Å². The Kier molecular flexibility index (Phi) is 4.92. The van der Waals surface area contributed by atoms with E-state index in [2.05, 4.69) is 5.92 Å². The van der Waals surface area contributed by atoms with Crippen molar-refractivity contribution < 1.29 is 14.3 Å². The summed E-state index contributed by atoms with van der Waals surface area (Å²) in [5, 5.41) is -0.297. The fourth-order valence-corrected chi connectivity index (χ4v) is 3.16. The van der Waals surface area contributed by atoms with Gasteiger partial charge in [0.05, 0.1) is 10.6 Å². The second-order valence-corrected chi connectivity index (χ2v) is 6.41. The molecule has 5 heteroatoms. The van der Waals surface area contributed by atoms with Crippen LogP contribution < -0.4 is 9.64 Å². The molecule has 25 heavy (non-hydrogen) atoms. The fourth-order valence-electron chi connectivity index (χ4n) is 2.32. The summed E-state index contributed by atoms with van der Waals surface area (Å²) in [6.07, 6.45) is 6.85. The number of benzene rings is 2. The smallest absolute Gasteiger partial charge is 0.298 e. The third kappa shape index (κ3) is 3.76. The number of imide groups is 1. The Morgan fingerprint density at radius 1 is 1.12 bits per heavy atom. The van der Waals surface area contributed by atoms with Crippen LogP contribution >= 0.6 is 11.8 Å². The van der Waals surface area contributed by atoms with Crippen LogP contribution in [0.4, 0.5) is 10.5 Å². The van der Waals surface area contributed by atoms with E-state index in [-0.39, 0.29) is 17.8 Å². The predicted molar refractivity (Wildman–Crippen MR) is 100 cm³/mol. The molecule has 0 bridgehead atoms. The second-order valence-electron chi connectivity index (χ2n) is 5.41. The lowest BCUT2D eigenvalue weighted by molar-refractivity contribution is -0.113. The molecule has 1 fully saturated rings. The van der Waals surface area contributed by atoms with Crippen LogP contribution in [0, 0.1) is 19.3 Å². The second kappa shape index (κ2) is 7.29. The monoisotopic (exact) mass is 349 g/mol. The Hall–Kier alpha value is -2.97. The van der Waals surface area contributed by atoms with Crippen molar-refractivity contribution in [3.8, 4) is 18.1 Å². The molecule has 2 amide bonds. The largest absolute Gasteiger partial charge is 0.481 e. The molecule has 0 aliphatic carbocycles. The highest BCUT2D eigenvalue weighted by Gasteiger charge is 2.36. The summed E-state index contributed by atoms with van der Waals surface area (Å²) < 4.78 is 5.31. The van der Waals surface area contributed by atoms with Crippen molar-refractivity contribution in [3.63, 3.8) is 0 Å². The van der Waals surface area contributed by atoms with Gasteiger partial charge in [0.25, 0.3) is 11.1 Å². The molecule has 4 nitrogen and oxygen atoms in total. The Morgan fingerprint density at radius 3 is 2.44 bits per heavy atom. The Bertz CT molecular complexity index is 877. The molecule has 1 heterocycles. The minimum Gasteiger partial charge on any atom is -0.481 e. The highest BCUT2D eigenvalue weighted by Crippen LogP contribution is 2.35. The summed E-state index contributed by atoms with van der Waals surface area (Å²) in [5.74, 6) is 2.74. The molecule has 0 saturated carbocycles. The average molecular weight is 349 g/mol. The van der Waals surface area contributed by atoms with Crippen LogP contribution in [0.15, 0.2) is 53.4 Å².